The summed E-state index contributed by atoms with van der Waals surface area (Å²) in [6, 6.07) is 15.5. The van der Waals surface area contributed by atoms with E-state index in [1.54, 1.807) is 32.4 Å². The van der Waals surface area contributed by atoms with Gasteiger partial charge in [0.15, 0.2) is 5.16 Å². The number of ether oxygens (including phenoxy) is 2. The van der Waals surface area contributed by atoms with Crippen molar-refractivity contribution in [3.05, 3.63) is 59.9 Å². The van der Waals surface area contributed by atoms with Gasteiger partial charge in [0.1, 0.15) is 17.3 Å². The number of carbonyl (C=O) groups excluding carboxylic acids is 1. The number of aromatic nitrogens is 3. The number of methoxy groups -OCH3 is 2. The summed E-state index contributed by atoms with van der Waals surface area (Å²) in [5.74, 6) is 2.17. The number of aryl methyl sites for hydroxylation is 2. The Labute approximate surface area is 174 Å². The van der Waals surface area contributed by atoms with Crippen LogP contribution in [0.25, 0.3) is 0 Å². The molecular weight excluding hydrogens is 388 g/mol. The van der Waals surface area contributed by atoms with Crippen molar-refractivity contribution in [2.75, 3.05) is 25.3 Å². The van der Waals surface area contributed by atoms with Crippen molar-refractivity contribution in [1.82, 2.24) is 14.8 Å². The van der Waals surface area contributed by atoms with Crippen LogP contribution >= 0.6 is 11.8 Å². The molecule has 1 aromatic heterocycles. The van der Waals surface area contributed by atoms with Crippen LogP contribution < -0.4 is 14.8 Å². The Kier molecular flexibility index (Phi) is 7.13. The van der Waals surface area contributed by atoms with Gasteiger partial charge in [-0.15, -0.1) is 10.2 Å². The molecule has 0 spiro atoms. The fourth-order valence-corrected chi connectivity index (χ4v) is 3.55. The third kappa shape index (κ3) is 5.51. The average Bonchev–Trinajstić information content (AvgIpc) is 3.10. The fourth-order valence-electron chi connectivity index (χ4n) is 2.82. The van der Waals surface area contributed by atoms with E-state index < -0.39 is 0 Å². The van der Waals surface area contributed by atoms with Gasteiger partial charge in [-0.05, 0) is 24.1 Å². The first-order valence-corrected chi connectivity index (χ1v) is 10.2. The number of hydrogen-bond acceptors (Lipinski definition) is 6. The van der Waals surface area contributed by atoms with Crippen molar-refractivity contribution < 1.29 is 14.3 Å². The smallest absolute Gasteiger partial charge is 0.234 e. The van der Waals surface area contributed by atoms with Crippen LogP contribution in [-0.2, 0) is 24.7 Å². The van der Waals surface area contributed by atoms with E-state index >= 15 is 0 Å². The fraction of sp³-hybridized carbons (Fsp3) is 0.286. The molecule has 0 unspecified atom stereocenters. The second-order valence-electron chi connectivity index (χ2n) is 6.35. The molecule has 0 aliphatic carbocycles. The largest absolute Gasteiger partial charge is 0.497 e. The van der Waals surface area contributed by atoms with Gasteiger partial charge in [0.25, 0.3) is 0 Å². The Balaban J connectivity index is 1.56. The molecule has 0 aliphatic heterocycles. The standard InChI is InChI=1S/C21H24N4O3S/c1-25-19(12-9-15-7-5-4-6-8-15)23-24-21(25)29-14-20(26)22-17-13-16(27-2)10-11-18(17)28-3/h4-8,10-11,13H,9,12,14H2,1-3H3,(H,22,26). The minimum absolute atomic E-state index is 0.157. The highest BCUT2D eigenvalue weighted by Crippen LogP contribution is 2.29. The normalized spacial score (nSPS) is 10.6. The highest BCUT2D eigenvalue weighted by molar-refractivity contribution is 7.99. The second-order valence-corrected chi connectivity index (χ2v) is 7.29. The van der Waals surface area contributed by atoms with Crippen LogP contribution in [0, 0.1) is 0 Å². The Morgan fingerprint density at radius 3 is 2.59 bits per heavy atom. The Bertz CT molecular complexity index is 960. The van der Waals surface area contributed by atoms with Crippen LogP contribution in [0.15, 0.2) is 53.7 Å². The molecule has 8 heteroatoms. The first kappa shape index (κ1) is 20.7. The number of amides is 1. The topological polar surface area (TPSA) is 78.3 Å². The van der Waals surface area contributed by atoms with Gasteiger partial charge in [-0.3, -0.25) is 4.79 Å². The predicted molar refractivity (Wildman–Crippen MR) is 114 cm³/mol. The second kappa shape index (κ2) is 9.97. The molecule has 0 atom stereocenters. The third-order valence-electron chi connectivity index (χ3n) is 4.42. The monoisotopic (exact) mass is 412 g/mol. The molecule has 0 aliphatic rings. The van der Waals surface area contributed by atoms with Gasteiger partial charge in [0.2, 0.25) is 5.91 Å². The van der Waals surface area contributed by atoms with E-state index in [2.05, 4.69) is 27.6 Å². The van der Waals surface area contributed by atoms with Crippen molar-refractivity contribution in [1.29, 1.82) is 0 Å². The van der Waals surface area contributed by atoms with E-state index in [0.29, 0.717) is 22.3 Å². The molecule has 0 saturated heterocycles. The maximum Gasteiger partial charge on any atom is 0.234 e. The van der Waals surface area contributed by atoms with E-state index in [4.69, 9.17) is 9.47 Å². The molecule has 7 nitrogen and oxygen atoms in total. The van der Waals surface area contributed by atoms with Crippen LogP contribution in [0.2, 0.25) is 0 Å². The summed E-state index contributed by atoms with van der Waals surface area (Å²) in [6.45, 7) is 0. The summed E-state index contributed by atoms with van der Waals surface area (Å²) in [6.07, 6.45) is 1.69. The first-order valence-electron chi connectivity index (χ1n) is 9.17. The molecule has 1 amide bonds. The zero-order valence-corrected chi connectivity index (χ0v) is 17.5. The molecule has 1 heterocycles. The third-order valence-corrected chi connectivity index (χ3v) is 5.44. The Hall–Kier alpha value is -3.00. The summed E-state index contributed by atoms with van der Waals surface area (Å²) in [7, 11) is 5.06. The Morgan fingerprint density at radius 1 is 1.07 bits per heavy atom. The summed E-state index contributed by atoms with van der Waals surface area (Å²) in [5, 5.41) is 12.1. The lowest BCUT2D eigenvalue weighted by Gasteiger charge is -2.11. The zero-order valence-electron chi connectivity index (χ0n) is 16.7. The SMILES string of the molecule is COc1ccc(OC)c(NC(=O)CSc2nnc(CCc3ccccc3)n2C)c1. The minimum atomic E-state index is -0.157. The molecule has 0 saturated carbocycles. The number of carbonyl (C=O) groups is 1. The van der Waals surface area contributed by atoms with E-state index in [1.165, 1.54) is 17.3 Å². The molecule has 152 valence electrons. The van der Waals surface area contributed by atoms with Gasteiger partial charge < -0.3 is 19.4 Å². The highest BCUT2D eigenvalue weighted by atomic mass is 32.2. The molecular formula is C21H24N4O3S. The molecule has 0 bridgehead atoms. The molecule has 3 rings (SSSR count). The van der Waals surface area contributed by atoms with Crippen molar-refractivity contribution in [3.63, 3.8) is 0 Å². The quantitative estimate of drug-likeness (QED) is 0.543. The molecule has 29 heavy (non-hydrogen) atoms. The van der Waals surface area contributed by atoms with E-state index in [1.807, 2.05) is 29.8 Å². The molecule has 0 fully saturated rings. The van der Waals surface area contributed by atoms with Gasteiger partial charge in [-0.2, -0.15) is 0 Å². The van der Waals surface area contributed by atoms with Crippen LogP contribution in [0.4, 0.5) is 5.69 Å². The van der Waals surface area contributed by atoms with Crippen LogP contribution in [0.1, 0.15) is 11.4 Å². The van der Waals surface area contributed by atoms with Crippen molar-refractivity contribution >= 4 is 23.4 Å². The van der Waals surface area contributed by atoms with Gasteiger partial charge in [-0.1, -0.05) is 42.1 Å². The number of thioether (sulfide) groups is 1. The van der Waals surface area contributed by atoms with Crippen molar-refractivity contribution in [3.8, 4) is 11.5 Å². The van der Waals surface area contributed by atoms with Crippen molar-refractivity contribution in [2.24, 2.45) is 7.05 Å². The maximum atomic E-state index is 12.4. The lowest BCUT2D eigenvalue weighted by Crippen LogP contribution is -2.15. The molecule has 1 N–H and O–H groups in total. The number of anilines is 1. The van der Waals surface area contributed by atoms with Gasteiger partial charge in [0, 0.05) is 19.5 Å². The maximum absolute atomic E-state index is 12.4. The lowest BCUT2D eigenvalue weighted by atomic mass is 10.1. The Morgan fingerprint density at radius 2 is 1.86 bits per heavy atom. The van der Waals surface area contributed by atoms with Gasteiger partial charge in [0.05, 0.1) is 25.7 Å². The number of hydrogen-bond donors (Lipinski definition) is 1. The van der Waals surface area contributed by atoms with Crippen LogP contribution in [0.5, 0.6) is 11.5 Å². The average molecular weight is 413 g/mol. The summed E-state index contributed by atoms with van der Waals surface area (Å²) < 4.78 is 12.4. The summed E-state index contributed by atoms with van der Waals surface area (Å²) in [4.78, 5) is 12.4. The number of nitrogens with one attached hydrogen (secondary N) is 1. The van der Waals surface area contributed by atoms with Gasteiger partial charge in [-0.25, -0.2) is 0 Å². The molecule has 0 radical (unpaired) electrons. The zero-order chi connectivity index (χ0) is 20.6. The van der Waals surface area contributed by atoms with Crippen LogP contribution in [-0.4, -0.2) is 40.6 Å². The van der Waals surface area contributed by atoms with E-state index in [9.17, 15) is 4.79 Å². The van der Waals surface area contributed by atoms with Crippen LogP contribution in [0.3, 0.4) is 0 Å². The van der Waals surface area contributed by atoms with Crippen molar-refractivity contribution in [2.45, 2.75) is 18.0 Å². The lowest BCUT2D eigenvalue weighted by molar-refractivity contribution is -0.113. The van der Waals surface area contributed by atoms with E-state index in [-0.39, 0.29) is 11.7 Å². The highest BCUT2D eigenvalue weighted by Gasteiger charge is 2.13. The minimum Gasteiger partial charge on any atom is -0.497 e. The first-order chi connectivity index (χ1) is 14.1. The number of nitrogens with zero attached hydrogens (tertiary/aromatic N) is 3. The predicted octanol–water partition coefficient (Wildman–Crippen LogP) is 3.35. The van der Waals surface area contributed by atoms with E-state index in [0.717, 1.165) is 18.7 Å². The molecule has 2 aromatic carbocycles. The number of benzene rings is 2. The number of rotatable bonds is 9. The molecule has 3 aromatic rings. The summed E-state index contributed by atoms with van der Waals surface area (Å²) >= 11 is 1.35. The van der Waals surface area contributed by atoms with Gasteiger partial charge >= 0.3 is 0 Å². The summed E-state index contributed by atoms with van der Waals surface area (Å²) in [5.41, 5.74) is 1.83.